The molecule has 4 nitrogen and oxygen atoms in total. The van der Waals surface area contributed by atoms with Gasteiger partial charge in [0.1, 0.15) is 5.25 Å². The molecule has 1 aliphatic rings. The van der Waals surface area contributed by atoms with Gasteiger partial charge in [0.15, 0.2) is 9.84 Å². The Balaban J connectivity index is 2.62. The Hall–Kier alpha value is -0.290. The van der Waals surface area contributed by atoms with Gasteiger partial charge in [-0.3, -0.25) is 4.79 Å². The molecule has 0 aromatic rings. The molecule has 2 atom stereocenters. The fraction of sp³-hybridized carbons (Fsp3) is 0.909. The van der Waals surface area contributed by atoms with E-state index in [1.54, 1.807) is 7.05 Å². The zero-order chi connectivity index (χ0) is 13.1. The summed E-state index contributed by atoms with van der Waals surface area (Å²) in [5.41, 5.74) is 0. The molecule has 6 heteroatoms. The Morgan fingerprint density at radius 2 is 2.12 bits per heavy atom. The maximum Gasteiger partial charge on any atom is 0.240 e. The summed E-state index contributed by atoms with van der Waals surface area (Å²) in [7, 11) is -1.59. The average Bonchev–Trinajstić information content (AvgIpc) is 2.24. The highest BCUT2D eigenvalue weighted by Gasteiger charge is 2.36. The zero-order valence-electron chi connectivity index (χ0n) is 10.4. The smallest absolute Gasteiger partial charge is 0.240 e. The van der Waals surface area contributed by atoms with Gasteiger partial charge in [-0.2, -0.15) is 0 Å². The average molecular weight is 282 g/mol. The maximum absolute atomic E-state index is 12.0. The summed E-state index contributed by atoms with van der Waals surface area (Å²) in [6, 6.07) is 0. The van der Waals surface area contributed by atoms with Crippen molar-refractivity contribution >= 4 is 27.3 Å². The molecule has 2 unspecified atom stereocenters. The van der Waals surface area contributed by atoms with Gasteiger partial charge in [-0.05, 0) is 26.2 Å². The van der Waals surface area contributed by atoms with Crippen LogP contribution >= 0.6 is 11.6 Å². The molecule has 1 fully saturated rings. The van der Waals surface area contributed by atoms with E-state index < -0.39 is 15.1 Å². The maximum atomic E-state index is 12.0. The van der Waals surface area contributed by atoms with Crippen molar-refractivity contribution in [2.75, 3.05) is 19.3 Å². The van der Waals surface area contributed by atoms with Crippen molar-refractivity contribution in [2.24, 2.45) is 0 Å². The fourth-order valence-electron chi connectivity index (χ4n) is 1.96. The summed E-state index contributed by atoms with van der Waals surface area (Å²) in [5, 5.41) is -0.833. The second-order valence-corrected chi connectivity index (χ2v) is 7.73. The molecule has 0 spiro atoms. The van der Waals surface area contributed by atoms with Crippen LogP contribution in [0.25, 0.3) is 0 Å². The second kappa shape index (κ2) is 6.05. The molecule has 17 heavy (non-hydrogen) atoms. The fourth-order valence-corrected chi connectivity index (χ4v) is 3.96. The Morgan fingerprint density at radius 1 is 1.47 bits per heavy atom. The number of carbonyl (C=O) groups excluding carboxylic acids is 1. The summed E-state index contributed by atoms with van der Waals surface area (Å²) in [4.78, 5) is 13.5. The number of carbonyl (C=O) groups is 1. The van der Waals surface area contributed by atoms with Gasteiger partial charge in [0.25, 0.3) is 0 Å². The van der Waals surface area contributed by atoms with E-state index in [1.807, 2.05) is 6.92 Å². The highest BCUT2D eigenvalue weighted by Crippen LogP contribution is 2.21. The lowest BCUT2D eigenvalue weighted by Crippen LogP contribution is -2.44. The van der Waals surface area contributed by atoms with Gasteiger partial charge >= 0.3 is 0 Å². The normalized spacial score (nSPS) is 25.2. The van der Waals surface area contributed by atoms with Crippen LogP contribution in [0.3, 0.4) is 0 Å². The van der Waals surface area contributed by atoms with E-state index in [1.165, 1.54) is 4.90 Å². The molecule has 100 valence electrons. The molecule has 1 saturated heterocycles. The highest BCUT2D eigenvalue weighted by atomic mass is 35.5. The predicted molar refractivity (Wildman–Crippen MR) is 69.0 cm³/mol. The van der Waals surface area contributed by atoms with Gasteiger partial charge in [-0.15, -0.1) is 11.6 Å². The van der Waals surface area contributed by atoms with Crippen LogP contribution in [0.1, 0.15) is 32.6 Å². The SMILES string of the molecule is CC(Cl)CCN(C)C(=O)C1CCCCS1(=O)=O. The van der Waals surface area contributed by atoms with E-state index in [0.29, 0.717) is 25.8 Å². The Morgan fingerprint density at radius 3 is 2.65 bits per heavy atom. The first kappa shape index (κ1) is 14.8. The molecule has 0 N–H and O–H groups in total. The molecule has 0 aromatic heterocycles. The number of amides is 1. The van der Waals surface area contributed by atoms with E-state index in [0.717, 1.165) is 6.42 Å². The standard InChI is InChI=1S/C11H20ClNO3S/c1-9(12)6-7-13(2)11(14)10-5-3-4-8-17(10,15)16/h9-10H,3-8H2,1-2H3. The molecule has 0 aromatic carbocycles. The van der Waals surface area contributed by atoms with E-state index in [4.69, 9.17) is 11.6 Å². The molecule has 1 rings (SSSR count). The van der Waals surface area contributed by atoms with Gasteiger partial charge in [0.05, 0.1) is 5.75 Å². The van der Waals surface area contributed by atoms with Crippen molar-refractivity contribution in [3.05, 3.63) is 0 Å². The van der Waals surface area contributed by atoms with Gasteiger partial charge in [-0.25, -0.2) is 8.42 Å². The number of hydrogen-bond donors (Lipinski definition) is 0. The van der Waals surface area contributed by atoms with Crippen molar-refractivity contribution < 1.29 is 13.2 Å². The third kappa shape index (κ3) is 4.14. The van der Waals surface area contributed by atoms with Crippen LogP contribution in [0, 0.1) is 0 Å². The number of nitrogens with zero attached hydrogens (tertiary/aromatic N) is 1. The third-order valence-electron chi connectivity index (χ3n) is 3.09. The molecular formula is C11H20ClNO3S. The minimum absolute atomic E-state index is 0.00628. The van der Waals surface area contributed by atoms with Gasteiger partial charge in [0, 0.05) is 19.0 Å². The first-order valence-corrected chi connectivity index (χ1v) is 8.10. The van der Waals surface area contributed by atoms with Crippen LogP contribution < -0.4 is 0 Å². The van der Waals surface area contributed by atoms with Crippen LogP contribution in [-0.4, -0.2) is 49.2 Å². The molecule has 0 aliphatic carbocycles. The summed E-state index contributed by atoms with van der Waals surface area (Å²) in [5.74, 6) is -0.134. The number of halogens is 1. The van der Waals surface area contributed by atoms with Crippen LogP contribution in [0.4, 0.5) is 0 Å². The van der Waals surface area contributed by atoms with E-state index >= 15 is 0 Å². The molecule has 1 heterocycles. The Kier molecular flexibility index (Phi) is 5.25. The topological polar surface area (TPSA) is 54.5 Å². The van der Waals surface area contributed by atoms with E-state index in [9.17, 15) is 13.2 Å². The van der Waals surface area contributed by atoms with E-state index in [2.05, 4.69) is 0 Å². The molecule has 1 amide bonds. The van der Waals surface area contributed by atoms with Crippen molar-refractivity contribution in [1.82, 2.24) is 4.90 Å². The Labute approximate surface area is 108 Å². The van der Waals surface area contributed by atoms with Crippen LogP contribution in [0.5, 0.6) is 0 Å². The summed E-state index contributed by atoms with van der Waals surface area (Å²) < 4.78 is 23.6. The van der Waals surface area contributed by atoms with Crippen molar-refractivity contribution in [3.63, 3.8) is 0 Å². The summed E-state index contributed by atoms with van der Waals surface area (Å²) >= 11 is 5.81. The van der Waals surface area contributed by atoms with Gasteiger partial charge in [0.2, 0.25) is 5.91 Å². The van der Waals surface area contributed by atoms with Crippen molar-refractivity contribution in [2.45, 2.75) is 43.2 Å². The number of hydrogen-bond acceptors (Lipinski definition) is 3. The van der Waals surface area contributed by atoms with E-state index in [-0.39, 0.29) is 17.0 Å². The first-order valence-electron chi connectivity index (χ1n) is 5.95. The zero-order valence-corrected chi connectivity index (χ0v) is 11.9. The molecule has 1 aliphatic heterocycles. The second-order valence-electron chi connectivity index (χ2n) is 4.68. The van der Waals surface area contributed by atoms with Crippen LogP contribution in [0.2, 0.25) is 0 Å². The highest BCUT2D eigenvalue weighted by molar-refractivity contribution is 7.92. The van der Waals surface area contributed by atoms with Crippen molar-refractivity contribution in [3.8, 4) is 0 Å². The van der Waals surface area contributed by atoms with Gasteiger partial charge in [-0.1, -0.05) is 6.42 Å². The minimum atomic E-state index is -3.23. The number of sulfone groups is 1. The lowest BCUT2D eigenvalue weighted by molar-refractivity contribution is -0.129. The lowest BCUT2D eigenvalue weighted by atomic mass is 10.1. The molecule has 0 saturated carbocycles. The lowest BCUT2D eigenvalue weighted by Gasteiger charge is -2.26. The predicted octanol–water partition coefficient (Wildman–Crippen LogP) is 1.43. The monoisotopic (exact) mass is 281 g/mol. The molecule has 0 bridgehead atoms. The largest absolute Gasteiger partial charge is 0.345 e. The van der Waals surface area contributed by atoms with Crippen LogP contribution in [-0.2, 0) is 14.6 Å². The van der Waals surface area contributed by atoms with Crippen LogP contribution in [0.15, 0.2) is 0 Å². The number of alkyl halides is 1. The Bertz CT molecular complexity index is 367. The molecular weight excluding hydrogens is 262 g/mol. The minimum Gasteiger partial charge on any atom is -0.345 e. The van der Waals surface area contributed by atoms with Crippen molar-refractivity contribution in [1.29, 1.82) is 0 Å². The van der Waals surface area contributed by atoms with Gasteiger partial charge < -0.3 is 4.90 Å². The molecule has 0 radical (unpaired) electrons. The number of rotatable bonds is 4. The summed E-state index contributed by atoms with van der Waals surface area (Å²) in [6.07, 6.45) is 2.63. The summed E-state index contributed by atoms with van der Waals surface area (Å²) in [6.45, 7) is 2.37. The first-order chi connectivity index (χ1) is 7.84. The third-order valence-corrected chi connectivity index (χ3v) is 5.47. The quantitative estimate of drug-likeness (QED) is 0.733.